The number of amides is 1. The molecule has 1 atom stereocenters. The molecule has 1 aliphatic heterocycles. The minimum Gasteiger partial charge on any atom is -0.443 e. The highest BCUT2D eigenvalue weighted by atomic mass is 16.6. The molecule has 0 aromatic heterocycles. The zero-order valence-electron chi connectivity index (χ0n) is 11.4. The molecule has 96 valence electrons. The van der Waals surface area contributed by atoms with E-state index in [1.807, 2.05) is 20.8 Å². The first-order chi connectivity index (χ1) is 7.83. The maximum Gasteiger partial charge on any atom is 0.418 e. The molecule has 0 fully saturated rings. The standard InChI is InChI=1S/C14H23NO2/c1-6-11(2)12-7-9-15(10-8-12)13(16)17-14(3,4)5/h7-12H,6H2,1-5H3. The van der Waals surface area contributed by atoms with E-state index < -0.39 is 5.60 Å². The van der Waals surface area contributed by atoms with Crippen molar-refractivity contribution in [2.45, 2.75) is 46.6 Å². The molecule has 0 N–H and O–H groups in total. The topological polar surface area (TPSA) is 29.5 Å². The minimum atomic E-state index is -0.452. The Morgan fingerprint density at radius 1 is 1.35 bits per heavy atom. The van der Waals surface area contributed by atoms with Gasteiger partial charge in [-0.1, -0.05) is 32.4 Å². The molecule has 3 heteroatoms. The van der Waals surface area contributed by atoms with Crippen molar-refractivity contribution < 1.29 is 9.53 Å². The molecular weight excluding hydrogens is 214 g/mol. The summed E-state index contributed by atoms with van der Waals surface area (Å²) in [5, 5.41) is 0. The van der Waals surface area contributed by atoms with Crippen LogP contribution in [0.15, 0.2) is 24.6 Å². The van der Waals surface area contributed by atoms with Crippen molar-refractivity contribution in [2.75, 3.05) is 0 Å². The zero-order valence-corrected chi connectivity index (χ0v) is 11.4. The fourth-order valence-electron chi connectivity index (χ4n) is 1.59. The predicted molar refractivity (Wildman–Crippen MR) is 69.3 cm³/mol. The van der Waals surface area contributed by atoms with E-state index in [0.29, 0.717) is 11.8 Å². The molecule has 0 aromatic carbocycles. The Morgan fingerprint density at radius 2 is 1.88 bits per heavy atom. The lowest BCUT2D eigenvalue weighted by Gasteiger charge is -2.26. The third-order valence-corrected chi connectivity index (χ3v) is 2.84. The first-order valence-corrected chi connectivity index (χ1v) is 6.21. The van der Waals surface area contributed by atoms with Gasteiger partial charge in [0.05, 0.1) is 0 Å². The summed E-state index contributed by atoms with van der Waals surface area (Å²) in [6.07, 6.45) is 8.50. The highest BCUT2D eigenvalue weighted by Crippen LogP contribution is 2.22. The van der Waals surface area contributed by atoms with E-state index >= 15 is 0 Å². The molecule has 1 amide bonds. The van der Waals surface area contributed by atoms with Gasteiger partial charge in [-0.25, -0.2) is 4.79 Å². The fraction of sp³-hybridized carbons (Fsp3) is 0.643. The molecule has 0 aromatic rings. The van der Waals surface area contributed by atoms with Crippen LogP contribution in [-0.4, -0.2) is 16.6 Å². The van der Waals surface area contributed by atoms with E-state index in [1.165, 1.54) is 4.90 Å². The van der Waals surface area contributed by atoms with E-state index in [-0.39, 0.29) is 6.09 Å². The SMILES string of the molecule is CCC(C)C1C=CN(C(=O)OC(C)(C)C)C=C1. The predicted octanol–water partition coefficient (Wildman–Crippen LogP) is 3.93. The molecule has 3 nitrogen and oxygen atoms in total. The third kappa shape index (κ3) is 4.25. The largest absolute Gasteiger partial charge is 0.443 e. The van der Waals surface area contributed by atoms with Crippen molar-refractivity contribution >= 4 is 6.09 Å². The van der Waals surface area contributed by atoms with Gasteiger partial charge in [0, 0.05) is 18.3 Å². The van der Waals surface area contributed by atoms with Gasteiger partial charge in [-0.05, 0) is 26.7 Å². The highest BCUT2D eigenvalue weighted by molar-refractivity contribution is 5.71. The van der Waals surface area contributed by atoms with Crippen LogP contribution < -0.4 is 0 Å². The Bertz CT molecular complexity index is 312. The van der Waals surface area contributed by atoms with Crippen LogP contribution in [0.4, 0.5) is 4.79 Å². The Labute approximate surface area is 104 Å². The van der Waals surface area contributed by atoms with Crippen molar-refractivity contribution in [2.24, 2.45) is 11.8 Å². The minimum absolute atomic E-state index is 0.326. The smallest absolute Gasteiger partial charge is 0.418 e. The number of hydrogen-bond acceptors (Lipinski definition) is 2. The molecule has 1 unspecified atom stereocenters. The number of carbonyl (C=O) groups excluding carboxylic acids is 1. The van der Waals surface area contributed by atoms with Crippen LogP contribution in [0.5, 0.6) is 0 Å². The summed E-state index contributed by atoms with van der Waals surface area (Å²) in [6, 6.07) is 0. The summed E-state index contributed by atoms with van der Waals surface area (Å²) >= 11 is 0. The second-order valence-electron chi connectivity index (χ2n) is 5.53. The van der Waals surface area contributed by atoms with Crippen LogP contribution in [0.3, 0.4) is 0 Å². The van der Waals surface area contributed by atoms with E-state index in [4.69, 9.17) is 4.74 Å². The van der Waals surface area contributed by atoms with Crippen molar-refractivity contribution in [3.05, 3.63) is 24.6 Å². The Balaban J connectivity index is 2.57. The van der Waals surface area contributed by atoms with Gasteiger partial charge >= 0.3 is 6.09 Å². The third-order valence-electron chi connectivity index (χ3n) is 2.84. The second kappa shape index (κ2) is 5.39. The maximum absolute atomic E-state index is 11.8. The Hall–Kier alpha value is -1.25. The van der Waals surface area contributed by atoms with Crippen LogP contribution in [0.2, 0.25) is 0 Å². The first-order valence-electron chi connectivity index (χ1n) is 6.21. The van der Waals surface area contributed by atoms with Crippen LogP contribution >= 0.6 is 0 Å². The molecule has 0 saturated heterocycles. The number of carbonyl (C=O) groups is 1. The lowest BCUT2D eigenvalue weighted by Crippen LogP contribution is -2.31. The monoisotopic (exact) mass is 237 g/mol. The number of rotatable bonds is 2. The number of hydrogen-bond donors (Lipinski definition) is 0. The molecule has 0 bridgehead atoms. The van der Waals surface area contributed by atoms with Crippen LogP contribution in [-0.2, 0) is 4.74 Å². The Morgan fingerprint density at radius 3 is 2.29 bits per heavy atom. The summed E-state index contributed by atoms with van der Waals surface area (Å²) in [7, 11) is 0. The van der Waals surface area contributed by atoms with Crippen LogP contribution in [0, 0.1) is 11.8 Å². The van der Waals surface area contributed by atoms with Gasteiger partial charge in [-0.15, -0.1) is 0 Å². The van der Waals surface area contributed by atoms with Gasteiger partial charge < -0.3 is 4.74 Å². The zero-order chi connectivity index (χ0) is 13.1. The Kier molecular flexibility index (Phi) is 4.38. The molecular formula is C14H23NO2. The van der Waals surface area contributed by atoms with Crippen LogP contribution in [0.1, 0.15) is 41.0 Å². The number of ether oxygens (including phenoxy) is 1. The van der Waals surface area contributed by atoms with Crippen LogP contribution in [0.25, 0.3) is 0 Å². The first kappa shape index (κ1) is 13.8. The summed E-state index contributed by atoms with van der Waals surface area (Å²) in [5.41, 5.74) is -0.452. The van der Waals surface area contributed by atoms with Gasteiger partial charge in [0.25, 0.3) is 0 Å². The van der Waals surface area contributed by atoms with Gasteiger partial charge in [0.15, 0.2) is 0 Å². The van der Waals surface area contributed by atoms with Gasteiger partial charge in [-0.2, -0.15) is 0 Å². The lowest BCUT2D eigenvalue weighted by molar-refractivity contribution is 0.0395. The molecule has 1 aliphatic rings. The molecule has 1 rings (SSSR count). The van der Waals surface area contributed by atoms with Gasteiger partial charge in [0.1, 0.15) is 5.60 Å². The molecule has 0 aliphatic carbocycles. The summed E-state index contributed by atoms with van der Waals surface area (Å²) < 4.78 is 5.28. The van der Waals surface area contributed by atoms with Gasteiger partial charge in [0.2, 0.25) is 0 Å². The summed E-state index contributed by atoms with van der Waals surface area (Å²) in [4.78, 5) is 13.3. The fourth-order valence-corrected chi connectivity index (χ4v) is 1.59. The summed E-state index contributed by atoms with van der Waals surface area (Å²) in [5.74, 6) is 1.02. The van der Waals surface area contributed by atoms with E-state index in [9.17, 15) is 4.79 Å². The van der Waals surface area contributed by atoms with E-state index in [2.05, 4.69) is 26.0 Å². The second-order valence-corrected chi connectivity index (χ2v) is 5.53. The number of nitrogens with zero attached hydrogens (tertiary/aromatic N) is 1. The van der Waals surface area contributed by atoms with Gasteiger partial charge in [-0.3, -0.25) is 4.90 Å². The molecule has 0 radical (unpaired) electrons. The average molecular weight is 237 g/mol. The molecule has 17 heavy (non-hydrogen) atoms. The molecule has 0 saturated carbocycles. The maximum atomic E-state index is 11.8. The quantitative estimate of drug-likeness (QED) is 0.728. The van der Waals surface area contributed by atoms with Crippen molar-refractivity contribution in [1.82, 2.24) is 4.90 Å². The molecule has 1 heterocycles. The highest BCUT2D eigenvalue weighted by Gasteiger charge is 2.22. The average Bonchev–Trinajstić information content (AvgIpc) is 2.26. The molecule has 0 spiro atoms. The van der Waals surface area contributed by atoms with Crippen molar-refractivity contribution in [3.8, 4) is 0 Å². The van der Waals surface area contributed by atoms with Crippen molar-refractivity contribution in [1.29, 1.82) is 0 Å². The van der Waals surface area contributed by atoms with E-state index in [0.717, 1.165) is 6.42 Å². The lowest BCUT2D eigenvalue weighted by atomic mass is 9.91. The number of allylic oxidation sites excluding steroid dienone is 2. The van der Waals surface area contributed by atoms with E-state index in [1.54, 1.807) is 12.4 Å². The summed E-state index contributed by atoms with van der Waals surface area (Å²) in [6.45, 7) is 9.98. The van der Waals surface area contributed by atoms with Crippen molar-refractivity contribution in [3.63, 3.8) is 0 Å². The normalized spacial score (nSPS) is 18.3.